The molecule has 1 atom stereocenters. The maximum atomic E-state index is 12.5. The Bertz CT molecular complexity index is 710. The van der Waals surface area contributed by atoms with Gasteiger partial charge in [-0.15, -0.1) is 4.40 Å². The van der Waals surface area contributed by atoms with Crippen molar-refractivity contribution in [1.29, 1.82) is 0 Å². The zero-order valence-corrected chi connectivity index (χ0v) is 14.6. The van der Waals surface area contributed by atoms with Gasteiger partial charge in [-0.2, -0.15) is 8.42 Å². The van der Waals surface area contributed by atoms with E-state index in [0.717, 1.165) is 25.7 Å². The minimum Gasteiger partial charge on any atom is -0.287 e. The van der Waals surface area contributed by atoms with Gasteiger partial charge in [0, 0.05) is 6.04 Å². The van der Waals surface area contributed by atoms with E-state index < -0.39 is 10.0 Å². The molecule has 1 saturated heterocycles. The molecule has 1 aromatic carbocycles. The fourth-order valence-corrected chi connectivity index (χ4v) is 5.29. The van der Waals surface area contributed by atoms with Crippen molar-refractivity contribution >= 4 is 32.9 Å². The normalized spacial score (nSPS) is 25.3. The van der Waals surface area contributed by atoms with Crippen LogP contribution in [-0.4, -0.2) is 35.7 Å². The van der Waals surface area contributed by atoms with Gasteiger partial charge in [-0.25, -0.2) is 0 Å². The minimum atomic E-state index is -3.79. The van der Waals surface area contributed by atoms with Crippen molar-refractivity contribution in [2.45, 2.75) is 55.2 Å². The number of carbonyl (C=O) groups excluding carboxylic acids is 1. The first kappa shape index (κ1) is 16.5. The zero-order chi connectivity index (χ0) is 16.4. The molecule has 2 aliphatic rings. The molecule has 1 aliphatic carbocycles. The highest BCUT2D eigenvalue weighted by Gasteiger charge is 2.40. The Morgan fingerprint density at radius 2 is 1.78 bits per heavy atom. The molecular formula is C16H20N2O3S2. The van der Waals surface area contributed by atoms with E-state index in [1.165, 1.54) is 30.3 Å². The summed E-state index contributed by atoms with van der Waals surface area (Å²) in [6.07, 6.45) is 5.17. The molecule has 3 rings (SSSR count). The molecular weight excluding hydrogens is 332 g/mol. The van der Waals surface area contributed by atoms with Crippen LogP contribution in [0.25, 0.3) is 0 Å². The van der Waals surface area contributed by atoms with Crippen LogP contribution in [0.3, 0.4) is 0 Å². The molecule has 5 nitrogen and oxygen atoms in total. The summed E-state index contributed by atoms with van der Waals surface area (Å²) in [5.41, 5.74) is 0. The van der Waals surface area contributed by atoms with Gasteiger partial charge in [0.25, 0.3) is 10.0 Å². The molecule has 124 valence electrons. The number of benzene rings is 1. The number of thioether (sulfide) groups is 1. The Morgan fingerprint density at radius 3 is 2.43 bits per heavy atom. The molecule has 1 aromatic rings. The van der Waals surface area contributed by atoms with E-state index in [1.54, 1.807) is 30.0 Å². The molecule has 2 fully saturated rings. The zero-order valence-electron chi connectivity index (χ0n) is 13.0. The molecule has 0 N–H and O–H groups in total. The SMILES string of the molecule is CC1S/C(=N/S(=O)(=O)c2ccccc2)N(C2CCCCC2)C1=O. The summed E-state index contributed by atoms with van der Waals surface area (Å²) < 4.78 is 29.0. The Balaban J connectivity index is 1.94. The van der Waals surface area contributed by atoms with E-state index in [9.17, 15) is 13.2 Å². The summed E-state index contributed by atoms with van der Waals surface area (Å²) in [6, 6.07) is 8.22. The first-order chi connectivity index (χ1) is 11.0. The third kappa shape index (κ3) is 3.45. The second-order valence-electron chi connectivity index (χ2n) is 5.92. The third-order valence-electron chi connectivity index (χ3n) is 4.25. The Kier molecular flexibility index (Phi) is 4.77. The molecule has 1 heterocycles. The first-order valence-corrected chi connectivity index (χ1v) is 10.2. The largest absolute Gasteiger partial charge is 0.287 e. The quantitative estimate of drug-likeness (QED) is 0.838. The van der Waals surface area contributed by atoms with Crippen molar-refractivity contribution in [3.05, 3.63) is 30.3 Å². The van der Waals surface area contributed by atoms with Gasteiger partial charge in [-0.3, -0.25) is 9.69 Å². The van der Waals surface area contributed by atoms with Crippen LogP contribution in [0.15, 0.2) is 39.6 Å². The lowest BCUT2D eigenvalue weighted by atomic mass is 9.94. The van der Waals surface area contributed by atoms with Gasteiger partial charge in [0.1, 0.15) is 0 Å². The van der Waals surface area contributed by atoms with Crippen molar-refractivity contribution in [3.8, 4) is 0 Å². The Hall–Kier alpha value is -1.34. The smallest absolute Gasteiger partial charge is 0.284 e. The van der Waals surface area contributed by atoms with Crippen LogP contribution in [0.1, 0.15) is 39.0 Å². The highest BCUT2D eigenvalue weighted by Crippen LogP contribution is 2.34. The van der Waals surface area contributed by atoms with E-state index in [2.05, 4.69) is 4.40 Å². The van der Waals surface area contributed by atoms with Gasteiger partial charge < -0.3 is 0 Å². The lowest BCUT2D eigenvalue weighted by molar-refractivity contribution is -0.127. The Labute approximate surface area is 141 Å². The fraction of sp³-hybridized carbons (Fsp3) is 0.500. The van der Waals surface area contributed by atoms with Crippen molar-refractivity contribution in [2.24, 2.45) is 4.40 Å². The summed E-state index contributed by atoms with van der Waals surface area (Å²) in [5, 5.41) is 0.0555. The number of amidine groups is 1. The average molecular weight is 352 g/mol. The van der Waals surface area contributed by atoms with Crippen molar-refractivity contribution in [2.75, 3.05) is 0 Å². The lowest BCUT2D eigenvalue weighted by Gasteiger charge is -2.30. The topological polar surface area (TPSA) is 66.8 Å². The van der Waals surface area contributed by atoms with E-state index in [1.807, 2.05) is 0 Å². The summed E-state index contributed by atoms with van der Waals surface area (Å²) in [6.45, 7) is 1.81. The third-order valence-corrected chi connectivity index (χ3v) is 6.70. The van der Waals surface area contributed by atoms with Gasteiger partial charge >= 0.3 is 0 Å². The molecule has 1 saturated carbocycles. The predicted molar refractivity (Wildman–Crippen MR) is 91.8 cm³/mol. The van der Waals surface area contributed by atoms with Crippen molar-refractivity contribution in [3.63, 3.8) is 0 Å². The standard InChI is InChI=1S/C16H20N2O3S2/c1-12-15(19)18(13-8-4-2-5-9-13)16(22-12)17-23(20,21)14-10-6-3-7-11-14/h3,6-7,10-13H,2,4-5,8-9H2,1H3/b17-16+. The van der Waals surface area contributed by atoms with Gasteiger partial charge in [-0.1, -0.05) is 49.2 Å². The number of rotatable bonds is 3. The van der Waals surface area contributed by atoms with Gasteiger partial charge in [-0.05, 0) is 31.9 Å². The second-order valence-corrected chi connectivity index (χ2v) is 8.83. The maximum Gasteiger partial charge on any atom is 0.284 e. The predicted octanol–water partition coefficient (Wildman–Crippen LogP) is 3.03. The summed E-state index contributed by atoms with van der Waals surface area (Å²) >= 11 is 1.24. The highest BCUT2D eigenvalue weighted by molar-refractivity contribution is 8.16. The molecule has 0 aromatic heterocycles. The summed E-state index contributed by atoms with van der Waals surface area (Å²) in [7, 11) is -3.79. The maximum absolute atomic E-state index is 12.5. The highest BCUT2D eigenvalue weighted by atomic mass is 32.2. The number of sulfonamides is 1. The molecule has 0 spiro atoms. The van der Waals surface area contributed by atoms with Crippen LogP contribution in [0.5, 0.6) is 0 Å². The van der Waals surface area contributed by atoms with Gasteiger partial charge in [0.15, 0.2) is 5.17 Å². The number of hydrogen-bond donors (Lipinski definition) is 0. The summed E-state index contributed by atoms with van der Waals surface area (Å²) in [5.74, 6) is -0.0242. The van der Waals surface area contributed by atoms with Crippen molar-refractivity contribution < 1.29 is 13.2 Å². The van der Waals surface area contributed by atoms with E-state index in [4.69, 9.17) is 0 Å². The van der Waals surface area contributed by atoms with Crippen LogP contribution in [0.2, 0.25) is 0 Å². The van der Waals surface area contributed by atoms with Crippen molar-refractivity contribution in [1.82, 2.24) is 4.90 Å². The molecule has 0 radical (unpaired) electrons. The number of nitrogens with zero attached hydrogens (tertiary/aromatic N) is 2. The fourth-order valence-electron chi connectivity index (χ4n) is 3.04. The van der Waals surface area contributed by atoms with Crippen LogP contribution >= 0.6 is 11.8 Å². The lowest BCUT2D eigenvalue weighted by Crippen LogP contribution is -2.42. The molecule has 23 heavy (non-hydrogen) atoms. The molecule has 1 unspecified atom stereocenters. The van der Waals surface area contributed by atoms with E-state index >= 15 is 0 Å². The monoisotopic (exact) mass is 352 g/mol. The van der Waals surface area contributed by atoms with Gasteiger partial charge in [0.2, 0.25) is 5.91 Å². The minimum absolute atomic E-state index is 0.0242. The Morgan fingerprint density at radius 1 is 1.13 bits per heavy atom. The van der Waals surface area contributed by atoms with Crippen LogP contribution in [0, 0.1) is 0 Å². The molecule has 1 amide bonds. The first-order valence-electron chi connectivity index (χ1n) is 7.89. The van der Waals surface area contributed by atoms with Crippen LogP contribution < -0.4 is 0 Å². The van der Waals surface area contributed by atoms with Crippen LogP contribution in [-0.2, 0) is 14.8 Å². The molecule has 0 bridgehead atoms. The molecule has 1 aliphatic heterocycles. The number of carbonyl (C=O) groups is 1. The second kappa shape index (κ2) is 6.65. The van der Waals surface area contributed by atoms with Gasteiger partial charge in [0.05, 0.1) is 10.1 Å². The number of amides is 1. The van der Waals surface area contributed by atoms with E-state index in [-0.39, 0.29) is 22.1 Å². The molecule has 7 heteroatoms. The average Bonchev–Trinajstić information content (AvgIpc) is 2.82. The van der Waals surface area contributed by atoms with Crippen LogP contribution in [0.4, 0.5) is 0 Å². The summed E-state index contributed by atoms with van der Waals surface area (Å²) in [4.78, 5) is 14.3. The number of hydrogen-bond acceptors (Lipinski definition) is 4. The van der Waals surface area contributed by atoms with E-state index in [0.29, 0.717) is 5.17 Å².